The summed E-state index contributed by atoms with van der Waals surface area (Å²) in [6, 6.07) is 8.05. The molecule has 5 heteroatoms. The second-order valence-electron chi connectivity index (χ2n) is 6.76. The van der Waals surface area contributed by atoms with Gasteiger partial charge in [-0.2, -0.15) is 0 Å². The molecule has 1 aliphatic heterocycles. The van der Waals surface area contributed by atoms with Crippen LogP contribution in [-0.2, 0) is 4.74 Å². The van der Waals surface area contributed by atoms with Crippen LogP contribution in [0.4, 0.5) is 0 Å². The van der Waals surface area contributed by atoms with E-state index >= 15 is 0 Å². The van der Waals surface area contributed by atoms with Crippen LogP contribution >= 0.6 is 0 Å². The Morgan fingerprint density at radius 3 is 2.62 bits per heavy atom. The van der Waals surface area contributed by atoms with Gasteiger partial charge in [-0.1, -0.05) is 12.1 Å². The maximum absolute atomic E-state index is 12.8. The van der Waals surface area contributed by atoms with Crippen LogP contribution in [0.25, 0.3) is 0 Å². The van der Waals surface area contributed by atoms with Crippen LogP contribution in [0.1, 0.15) is 36.0 Å². The normalized spacial score (nSPS) is 18.6. The molecule has 0 atom stereocenters. The Hall–Kier alpha value is -1.59. The van der Waals surface area contributed by atoms with E-state index in [1.165, 1.54) is 12.8 Å². The second kappa shape index (κ2) is 8.49. The van der Waals surface area contributed by atoms with Gasteiger partial charge in [-0.05, 0) is 50.3 Å². The van der Waals surface area contributed by atoms with Crippen LogP contribution in [-0.4, -0.2) is 56.8 Å². The van der Waals surface area contributed by atoms with Crippen molar-refractivity contribution in [2.75, 3.05) is 40.0 Å². The molecule has 3 rings (SSSR count). The molecule has 2 fully saturated rings. The van der Waals surface area contributed by atoms with Crippen molar-refractivity contribution in [2.24, 2.45) is 5.92 Å². The van der Waals surface area contributed by atoms with Crippen molar-refractivity contribution in [3.8, 4) is 5.75 Å². The van der Waals surface area contributed by atoms with E-state index in [4.69, 9.17) is 9.47 Å². The van der Waals surface area contributed by atoms with Crippen LogP contribution in [0.3, 0.4) is 0 Å². The highest BCUT2D eigenvalue weighted by Gasteiger charge is 2.27. The predicted octanol–water partition coefficient (Wildman–Crippen LogP) is 2.32. The quantitative estimate of drug-likeness (QED) is 0.742. The summed E-state index contributed by atoms with van der Waals surface area (Å²) in [5.74, 6) is 1.62. The molecular formula is C19H28N2O3. The number of rotatable bonds is 8. The highest BCUT2D eigenvalue weighted by atomic mass is 16.5. The number of benzene rings is 1. The number of ether oxygens (including phenoxy) is 2. The summed E-state index contributed by atoms with van der Waals surface area (Å²) in [5, 5.41) is 3.65. The van der Waals surface area contributed by atoms with Gasteiger partial charge in [0.05, 0.1) is 12.2 Å². The van der Waals surface area contributed by atoms with Gasteiger partial charge >= 0.3 is 0 Å². The number of hydrogen-bond acceptors (Lipinski definition) is 4. The molecule has 2 aliphatic rings. The molecule has 1 aliphatic carbocycles. The van der Waals surface area contributed by atoms with E-state index in [0.29, 0.717) is 30.6 Å². The van der Waals surface area contributed by atoms with E-state index in [9.17, 15) is 4.79 Å². The van der Waals surface area contributed by atoms with Gasteiger partial charge in [-0.3, -0.25) is 4.79 Å². The van der Waals surface area contributed by atoms with Crippen molar-refractivity contribution >= 4 is 5.91 Å². The summed E-state index contributed by atoms with van der Waals surface area (Å²) in [7, 11) is 1.64. The molecule has 5 nitrogen and oxygen atoms in total. The highest BCUT2D eigenvalue weighted by molar-refractivity contribution is 5.97. The number of nitrogens with one attached hydrogen (secondary N) is 1. The van der Waals surface area contributed by atoms with Crippen LogP contribution in [0, 0.1) is 5.92 Å². The smallest absolute Gasteiger partial charge is 0.257 e. The van der Waals surface area contributed by atoms with Crippen molar-refractivity contribution < 1.29 is 14.3 Å². The van der Waals surface area contributed by atoms with Crippen LogP contribution in [0.2, 0.25) is 0 Å². The lowest BCUT2D eigenvalue weighted by Crippen LogP contribution is -2.45. The second-order valence-corrected chi connectivity index (χ2v) is 6.76. The summed E-state index contributed by atoms with van der Waals surface area (Å²) in [6.07, 6.45) is 4.82. The molecule has 0 bridgehead atoms. The zero-order chi connectivity index (χ0) is 16.8. The fourth-order valence-electron chi connectivity index (χ4n) is 3.12. The molecule has 24 heavy (non-hydrogen) atoms. The summed E-state index contributed by atoms with van der Waals surface area (Å²) >= 11 is 0. The zero-order valence-corrected chi connectivity index (χ0v) is 14.5. The molecule has 1 saturated carbocycles. The first-order valence-electron chi connectivity index (χ1n) is 9.01. The molecule has 0 radical (unpaired) electrons. The van der Waals surface area contributed by atoms with Crippen LogP contribution in [0.15, 0.2) is 24.3 Å². The van der Waals surface area contributed by atoms with Gasteiger partial charge in [-0.25, -0.2) is 0 Å². The van der Waals surface area contributed by atoms with Gasteiger partial charge in [0, 0.05) is 26.2 Å². The fraction of sp³-hybridized carbons (Fsp3) is 0.632. The maximum Gasteiger partial charge on any atom is 0.257 e. The van der Waals surface area contributed by atoms with Crippen molar-refractivity contribution in [2.45, 2.75) is 31.7 Å². The molecular weight excluding hydrogens is 304 g/mol. The lowest BCUT2D eigenvalue weighted by molar-refractivity contribution is 0.0698. The minimum absolute atomic E-state index is 0.0728. The van der Waals surface area contributed by atoms with E-state index in [-0.39, 0.29) is 5.91 Å². The number of carbonyl (C=O) groups excluding carboxylic acids is 1. The van der Waals surface area contributed by atoms with Crippen LogP contribution < -0.4 is 10.1 Å². The van der Waals surface area contributed by atoms with Gasteiger partial charge in [0.25, 0.3) is 5.91 Å². The number of para-hydroxylation sites is 1. The third-order valence-corrected chi connectivity index (χ3v) is 4.84. The van der Waals surface area contributed by atoms with Gasteiger partial charge < -0.3 is 19.7 Å². The van der Waals surface area contributed by atoms with Gasteiger partial charge in [0.2, 0.25) is 0 Å². The number of carbonyl (C=O) groups is 1. The average Bonchev–Trinajstić information content (AvgIpc) is 3.45. The Morgan fingerprint density at radius 1 is 1.17 bits per heavy atom. The lowest BCUT2D eigenvalue weighted by Gasteiger charge is -2.33. The molecule has 0 spiro atoms. The standard InChI is InChI=1S/C19H28N2O3/c1-23-12-13-24-18-5-3-2-4-17(18)19(22)21-10-8-16(9-11-21)20-14-15-6-7-15/h2-5,15-16,20H,6-14H2,1H3. The summed E-state index contributed by atoms with van der Waals surface area (Å²) in [6.45, 7) is 3.74. The molecule has 1 N–H and O–H groups in total. The Labute approximate surface area is 144 Å². The third kappa shape index (κ3) is 4.71. The van der Waals surface area contributed by atoms with Crippen LogP contribution in [0.5, 0.6) is 5.75 Å². The van der Waals surface area contributed by atoms with Gasteiger partial charge in [0.15, 0.2) is 0 Å². The molecule has 1 amide bonds. The van der Waals surface area contributed by atoms with Crippen molar-refractivity contribution in [3.05, 3.63) is 29.8 Å². The average molecular weight is 332 g/mol. The Balaban J connectivity index is 1.52. The first-order chi connectivity index (χ1) is 11.8. The topological polar surface area (TPSA) is 50.8 Å². The third-order valence-electron chi connectivity index (χ3n) is 4.84. The molecule has 1 aromatic rings. The number of hydrogen-bond donors (Lipinski definition) is 1. The molecule has 1 saturated heterocycles. The Kier molecular flexibility index (Phi) is 6.10. The Morgan fingerprint density at radius 2 is 1.92 bits per heavy atom. The summed E-state index contributed by atoms with van der Waals surface area (Å²) in [4.78, 5) is 14.8. The first-order valence-corrected chi connectivity index (χ1v) is 9.01. The van der Waals surface area contributed by atoms with Crippen molar-refractivity contribution in [1.82, 2.24) is 10.2 Å². The molecule has 0 unspecified atom stereocenters. The lowest BCUT2D eigenvalue weighted by atomic mass is 10.0. The Bertz CT molecular complexity index is 537. The van der Waals surface area contributed by atoms with Gasteiger partial charge in [0.1, 0.15) is 12.4 Å². The van der Waals surface area contributed by atoms with E-state index in [0.717, 1.165) is 38.4 Å². The maximum atomic E-state index is 12.8. The number of piperidine rings is 1. The minimum atomic E-state index is 0.0728. The number of nitrogens with zero attached hydrogens (tertiary/aromatic N) is 1. The van der Waals surface area contributed by atoms with Crippen molar-refractivity contribution in [1.29, 1.82) is 0 Å². The predicted molar refractivity (Wildman–Crippen MR) is 93.5 cm³/mol. The monoisotopic (exact) mass is 332 g/mol. The molecule has 132 valence electrons. The minimum Gasteiger partial charge on any atom is -0.490 e. The van der Waals surface area contributed by atoms with E-state index < -0.39 is 0 Å². The highest BCUT2D eigenvalue weighted by Crippen LogP contribution is 2.28. The van der Waals surface area contributed by atoms with Gasteiger partial charge in [-0.15, -0.1) is 0 Å². The SMILES string of the molecule is COCCOc1ccccc1C(=O)N1CCC(NCC2CC2)CC1. The number of methoxy groups -OCH3 is 1. The number of amides is 1. The van der Waals surface area contributed by atoms with E-state index in [2.05, 4.69) is 5.32 Å². The zero-order valence-electron chi connectivity index (χ0n) is 14.5. The number of likely N-dealkylation sites (tertiary alicyclic amines) is 1. The van der Waals surface area contributed by atoms with Crippen molar-refractivity contribution in [3.63, 3.8) is 0 Å². The molecule has 0 aromatic heterocycles. The van der Waals surface area contributed by atoms with E-state index in [1.54, 1.807) is 7.11 Å². The first kappa shape index (κ1) is 17.2. The summed E-state index contributed by atoms with van der Waals surface area (Å²) < 4.78 is 10.7. The molecule has 1 aromatic carbocycles. The molecule has 1 heterocycles. The summed E-state index contributed by atoms with van der Waals surface area (Å²) in [5.41, 5.74) is 0.651. The fourth-order valence-corrected chi connectivity index (χ4v) is 3.12. The largest absolute Gasteiger partial charge is 0.490 e. The van der Waals surface area contributed by atoms with E-state index in [1.807, 2.05) is 29.2 Å².